The number of carbonyl (C=O) groups is 1. The Morgan fingerprint density at radius 3 is 2.44 bits per heavy atom. The minimum atomic E-state index is -4.57. The molecule has 1 aromatic carbocycles. The second kappa shape index (κ2) is 6.34. The van der Waals surface area contributed by atoms with Crippen molar-refractivity contribution in [3.05, 3.63) is 39.0 Å². The number of hydrogen-bond acceptors (Lipinski definition) is 2. The number of aromatic nitrogens is 2. The van der Waals surface area contributed by atoms with Crippen LogP contribution in [0, 0.1) is 0 Å². The van der Waals surface area contributed by atoms with Crippen molar-refractivity contribution in [1.29, 1.82) is 0 Å². The molecular formula is C15H12Cl2F3N3OS. The molecule has 134 valence electrons. The van der Waals surface area contributed by atoms with Crippen molar-refractivity contribution in [3.8, 4) is 5.69 Å². The predicted octanol–water partition coefficient (Wildman–Crippen LogP) is 4.87. The molecule has 1 amide bonds. The van der Waals surface area contributed by atoms with Gasteiger partial charge >= 0.3 is 6.18 Å². The summed E-state index contributed by atoms with van der Waals surface area (Å²) in [5.41, 5.74) is 0.680. The Balaban J connectivity index is 2.19. The van der Waals surface area contributed by atoms with Crippen molar-refractivity contribution in [2.45, 2.75) is 24.6 Å². The second-order valence-corrected chi connectivity index (χ2v) is 8.17. The lowest BCUT2D eigenvalue weighted by Crippen LogP contribution is -2.13. The average Bonchev–Trinajstić information content (AvgIpc) is 2.95. The van der Waals surface area contributed by atoms with Gasteiger partial charge in [-0.15, -0.1) is 0 Å². The van der Waals surface area contributed by atoms with Crippen molar-refractivity contribution >= 4 is 51.3 Å². The first-order valence-corrected chi connectivity index (χ1v) is 9.49. The van der Waals surface area contributed by atoms with E-state index in [1.54, 1.807) is 0 Å². The fraction of sp³-hybridized carbons (Fsp3) is 0.267. The van der Waals surface area contributed by atoms with E-state index >= 15 is 0 Å². The zero-order chi connectivity index (χ0) is 18.5. The number of rotatable bonds is 2. The van der Waals surface area contributed by atoms with Crippen LogP contribution < -0.4 is 5.32 Å². The van der Waals surface area contributed by atoms with E-state index in [0.29, 0.717) is 17.3 Å². The van der Waals surface area contributed by atoms with Crippen molar-refractivity contribution in [2.75, 3.05) is 5.32 Å². The van der Waals surface area contributed by atoms with Crippen LogP contribution in [0.3, 0.4) is 0 Å². The predicted molar refractivity (Wildman–Crippen MR) is 95.0 cm³/mol. The van der Waals surface area contributed by atoms with Crippen LogP contribution >= 0.6 is 33.7 Å². The summed E-state index contributed by atoms with van der Waals surface area (Å²) >= 11 is 12.1. The maximum absolute atomic E-state index is 12.9. The van der Waals surface area contributed by atoms with Gasteiger partial charge in [0.05, 0.1) is 21.3 Å². The van der Waals surface area contributed by atoms with Gasteiger partial charge in [0.2, 0.25) is 5.91 Å². The van der Waals surface area contributed by atoms with E-state index in [1.165, 1.54) is 11.6 Å². The van der Waals surface area contributed by atoms with Crippen LogP contribution in [0.15, 0.2) is 12.1 Å². The van der Waals surface area contributed by atoms with E-state index < -0.39 is 11.7 Å². The van der Waals surface area contributed by atoms with Crippen LogP contribution in [0.4, 0.5) is 19.0 Å². The summed E-state index contributed by atoms with van der Waals surface area (Å²) in [5, 5.41) is 6.65. The highest BCUT2D eigenvalue weighted by molar-refractivity contribution is 8.12. The number of benzene rings is 1. The first-order chi connectivity index (χ1) is 11.6. The van der Waals surface area contributed by atoms with Crippen LogP contribution in [0.5, 0.6) is 0 Å². The molecule has 1 unspecified atom stereocenters. The highest BCUT2D eigenvalue weighted by Crippen LogP contribution is 2.43. The molecule has 0 saturated heterocycles. The smallest absolute Gasteiger partial charge is 0.311 e. The van der Waals surface area contributed by atoms with Crippen LogP contribution in [-0.4, -0.2) is 21.6 Å². The Morgan fingerprint density at radius 1 is 1.32 bits per heavy atom. The molecule has 1 N–H and O–H groups in total. The summed E-state index contributed by atoms with van der Waals surface area (Å²) in [4.78, 5) is 11.6. The third-order valence-electron chi connectivity index (χ3n) is 3.61. The SMILES string of the molecule is C=S1Cc2nn(-c3c(Cl)cc(C(F)(F)F)cc3Cl)c(NC(C)=O)c2C1. The van der Waals surface area contributed by atoms with Gasteiger partial charge in [-0.2, -0.15) is 28.8 Å². The number of carbonyl (C=O) groups excluding carboxylic acids is 1. The molecule has 4 nitrogen and oxygen atoms in total. The summed E-state index contributed by atoms with van der Waals surface area (Å²) < 4.78 is 40.0. The second-order valence-electron chi connectivity index (χ2n) is 5.55. The molecule has 0 radical (unpaired) electrons. The number of nitrogens with zero attached hydrogens (tertiary/aromatic N) is 2. The molecule has 2 aromatic rings. The summed E-state index contributed by atoms with van der Waals surface area (Å²) in [6.45, 7) is 1.33. The van der Waals surface area contributed by atoms with Gasteiger partial charge in [0.1, 0.15) is 11.5 Å². The molecule has 1 atom stereocenters. The van der Waals surface area contributed by atoms with Crippen molar-refractivity contribution in [3.63, 3.8) is 0 Å². The minimum absolute atomic E-state index is 0.0958. The van der Waals surface area contributed by atoms with E-state index in [2.05, 4.69) is 16.3 Å². The van der Waals surface area contributed by atoms with Gasteiger partial charge in [0.25, 0.3) is 0 Å². The minimum Gasteiger partial charge on any atom is -0.311 e. The summed E-state index contributed by atoms with van der Waals surface area (Å²) in [6, 6.07) is 1.58. The van der Waals surface area contributed by atoms with Crippen molar-refractivity contribution in [1.82, 2.24) is 9.78 Å². The fourth-order valence-electron chi connectivity index (χ4n) is 2.60. The normalized spacial score (nSPS) is 16.8. The monoisotopic (exact) mass is 409 g/mol. The van der Waals surface area contributed by atoms with E-state index in [4.69, 9.17) is 23.2 Å². The molecular weight excluding hydrogens is 398 g/mol. The van der Waals surface area contributed by atoms with E-state index in [-0.39, 0.29) is 32.1 Å². The Bertz CT molecular complexity index is 885. The van der Waals surface area contributed by atoms with Crippen LogP contribution in [0.1, 0.15) is 23.7 Å². The maximum Gasteiger partial charge on any atom is 0.416 e. The first kappa shape index (κ1) is 18.3. The molecule has 25 heavy (non-hydrogen) atoms. The molecule has 1 aliphatic rings. The van der Waals surface area contributed by atoms with E-state index in [1.807, 2.05) is 0 Å². The number of anilines is 1. The van der Waals surface area contributed by atoms with E-state index in [0.717, 1.165) is 23.4 Å². The molecule has 0 saturated carbocycles. The van der Waals surface area contributed by atoms with Crippen LogP contribution in [0.25, 0.3) is 5.69 Å². The standard InChI is InChI=1S/C15H12Cl2F3N3OS/c1-7(24)21-14-9-5-25(2)6-12(9)22-23(14)13-10(16)3-8(4-11(13)17)15(18,19)20/h3-4H,2,5-6H2,1H3,(H,21,24). The first-order valence-electron chi connectivity index (χ1n) is 7.00. The lowest BCUT2D eigenvalue weighted by Gasteiger charge is -2.15. The summed E-state index contributed by atoms with van der Waals surface area (Å²) in [5.74, 6) is 5.30. The lowest BCUT2D eigenvalue weighted by atomic mass is 10.2. The van der Waals surface area contributed by atoms with E-state index in [9.17, 15) is 18.0 Å². The number of amides is 1. The quantitative estimate of drug-likeness (QED) is 0.719. The number of alkyl halides is 3. The topological polar surface area (TPSA) is 46.9 Å². The molecule has 1 aliphatic heterocycles. The number of halogens is 5. The summed E-state index contributed by atoms with van der Waals surface area (Å²) in [7, 11) is -0.146. The van der Waals surface area contributed by atoms with Gasteiger partial charge in [-0.05, 0) is 12.1 Å². The van der Waals surface area contributed by atoms with Gasteiger partial charge in [-0.1, -0.05) is 29.1 Å². The Kier molecular flexibility index (Phi) is 4.63. The highest BCUT2D eigenvalue weighted by atomic mass is 35.5. The number of hydrogen-bond donors (Lipinski definition) is 1. The Morgan fingerprint density at radius 2 is 1.92 bits per heavy atom. The molecule has 0 aliphatic carbocycles. The third-order valence-corrected chi connectivity index (χ3v) is 5.56. The largest absolute Gasteiger partial charge is 0.416 e. The lowest BCUT2D eigenvalue weighted by molar-refractivity contribution is -0.137. The number of nitrogens with one attached hydrogen (secondary N) is 1. The highest BCUT2D eigenvalue weighted by Gasteiger charge is 2.33. The molecule has 0 bridgehead atoms. The van der Waals surface area contributed by atoms with Crippen LogP contribution in [0.2, 0.25) is 10.0 Å². The van der Waals surface area contributed by atoms with Gasteiger partial charge in [0.15, 0.2) is 0 Å². The number of fused-ring (bicyclic) bond motifs is 1. The van der Waals surface area contributed by atoms with Gasteiger partial charge in [-0.25, -0.2) is 4.68 Å². The van der Waals surface area contributed by atoms with Gasteiger partial charge < -0.3 is 5.32 Å². The average molecular weight is 410 g/mol. The Hall–Kier alpha value is -1.51. The zero-order valence-electron chi connectivity index (χ0n) is 12.9. The molecule has 2 heterocycles. The molecule has 0 fully saturated rings. The van der Waals surface area contributed by atoms with Gasteiger partial charge in [-0.3, -0.25) is 4.79 Å². The van der Waals surface area contributed by atoms with Crippen LogP contribution in [-0.2, 0) is 22.5 Å². The van der Waals surface area contributed by atoms with Crippen molar-refractivity contribution < 1.29 is 18.0 Å². The fourth-order valence-corrected chi connectivity index (χ4v) is 4.68. The maximum atomic E-state index is 12.9. The van der Waals surface area contributed by atoms with Crippen molar-refractivity contribution in [2.24, 2.45) is 0 Å². The Labute approximate surface area is 153 Å². The molecule has 3 rings (SSSR count). The molecule has 0 spiro atoms. The third kappa shape index (κ3) is 3.43. The summed E-state index contributed by atoms with van der Waals surface area (Å²) in [6.07, 6.45) is -4.57. The van der Waals surface area contributed by atoms with Gasteiger partial charge in [0, 0.05) is 24.0 Å². The zero-order valence-corrected chi connectivity index (χ0v) is 15.2. The molecule has 10 heteroatoms. The molecule has 1 aromatic heterocycles.